The molecule has 1 aromatic carbocycles. The molecule has 0 spiro atoms. The lowest BCUT2D eigenvalue weighted by Gasteiger charge is -2.19. The molecule has 4 nitrogen and oxygen atoms in total. The molecule has 18 heavy (non-hydrogen) atoms. The Hall–Kier alpha value is -0.880. The second-order valence-corrected chi connectivity index (χ2v) is 5.73. The summed E-state index contributed by atoms with van der Waals surface area (Å²) in [6.07, 6.45) is -0.455. The maximum Gasteiger partial charge on any atom is 0.186 e. The molecule has 2 heterocycles. The molecule has 2 aromatic rings. The molecule has 6 heteroatoms. The number of hydrogen-bond acceptors (Lipinski definition) is 5. The number of rotatable bonds is 1. The lowest BCUT2D eigenvalue weighted by atomic mass is 10.3. The predicted molar refractivity (Wildman–Crippen MR) is 73.7 cm³/mol. The summed E-state index contributed by atoms with van der Waals surface area (Å²) in [7, 11) is 0. The fourth-order valence-corrected chi connectivity index (χ4v) is 3.26. The fourth-order valence-electron chi connectivity index (χ4n) is 1.99. The Morgan fingerprint density at radius 1 is 1.50 bits per heavy atom. The van der Waals surface area contributed by atoms with E-state index in [2.05, 4.69) is 9.88 Å². The van der Waals surface area contributed by atoms with Gasteiger partial charge in [0.15, 0.2) is 5.13 Å². The predicted octanol–water partition coefficient (Wildman–Crippen LogP) is 2.15. The quantitative estimate of drug-likeness (QED) is 0.872. The average molecular weight is 285 g/mol. The summed E-state index contributed by atoms with van der Waals surface area (Å²) in [5.74, 6) is 0. The first-order valence-electron chi connectivity index (χ1n) is 5.79. The van der Waals surface area contributed by atoms with Crippen molar-refractivity contribution >= 4 is 38.3 Å². The topological polar surface area (TPSA) is 45.6 Å². The first-order chi connectivity index (χ1) is 8.72. The average Bonchev–Trinajstić information content (AvgIpc) is 2.63. The summed E-state index contributed by atoms with van der Waals surface area (Å²) < 4.78 is 6.38. The monoisotopic (exact) mass is 284 g/mol. The third-order valence-electron chi connectivity index (χ3n) is 2.86. The Bertz CT molecular complexity index is 560. The van der Waals surface area contributed by atoms with E-state index in [1.54, 1.807) is 11.3 Å². The van der Waals surface area contributed by atoms with Gasteiger partial charge in [-0.1, -0.05) is 22.9 Å². The van der Waals surface area contributed by atoms with Gasteiger partial charge in [0.2, 0.25) is 0 Å². The number of aliphatic hydroxyl groups excluding tert-OH is 1. The van der Waals surface area contributed by atoms with Crippen molar-refractivity contribution < 1.29 is 9.84 Å². The van der Waals surface area contributed by atoms with Gasteiger partial charge in [0.1, 0.15) is 0 Å². The molecule has 0 radical (unpaired) electrons. The molecular formula is C12H13ClN2O2S. The van der Waals surface area contributed by atoms with Gasteiger partial charge in [-0.15, -0.1) is 0 Å². The third-order valence-corrected chi connectivity index (χ3v) is 4.17. The maximum atomic E-state index is 9.73. The molecule has 1 atom stereocenters. The SMILES string of the molecule is O[C@H]1COCCN(c2nc3ccc(Cl)cc3s2)C1. The minimum Gasteiger partial charge on any atom is -0.389 e. The van der Waals surface area contributed by atoms with Crippen molar-refractivity contribution in [3.8, 4) is 0 Å². The number of halogens is 1. The number of thiazole rings is 1. The first-order valence-corrected chi connectivity index (χ1v) is 6.99. The summed E-state index contributed by atoms with van der Waals surface area (Å²) in [5, 5.41) is 11.4. The Morgan fingerprint density at radius 2 is 2.39 bits per heavy atom. The Kier molecular flexibility index (Phi) is 3.39. The lowest BCUT2D eigenvalue weighted by Crippen LogP contribution is -2.32. The number of anilines is 1. The summed E-state index contributed by atoms with van der Waals surface area (Å²) in [6, 6.07) is 5.68. The van der Waals surface area contributed by atoms with E-state index in [4.69, 9.17) is 16.3 Å². The molecule has 1 fully saturated rings. The van der Waals surface area contributed by atoms with Crippen LogP contribution in [0.3, 0.4) is 0 Å². The smallest absolute Gasteiger partial charge is 0.186 e. The number of β-amino-alcohol motifs (C(OH)–C–C–N with tert-alkyl or cyclic N) is 1. The van der Waals surface area contributed by atoms with Crippen LogP contribution in [0.1, 0.15) is 0 Å². The van der Waals surface area contributed by atoms with E-state index >= 15 is 0 Å². The summed E-state index contributed by atoms with van der Waals surface area (Å²) in [6.45, 7) is 2.33. The summed E-state index contributed by atoms with van der Waals surface area (Å²) >= 11 is 7.56. The van der Waals surface area contributed by atoms with Crippen molar-refractivity contribution in [2.45, 2.75) is 6.10 Å². The van der Waals surface area contributed by atoms with Crippen LogP contribution in [0.2, 0.25) is 5.02 Å². The zero-order chi connectivity index (χ0) is 12.5. The zero-order valence-corrected chi connectivity index (χ0v) is 11.2. The summed E-state index contributed by atoms with van der Waals surface area (Å²) in [4.78, 5) is 6.64. The third kappa shape index (κ3) is 2.44. The van der Waals surface area contributed by atoms with Gasteiger partial charge in [0.25, 0.3) is 0 Å². The van der Waals surface area contributed by atoms with Gasteiger partial charge in [0, 0.05) is 18.1 Å². The van der Waals surface area contributed by atoms with Crippen molar-refractivity contribution in [3.05, 3.63) is 23.2 Å². The minimum atomic E-state index is -0.455. The number of aromatic nitrogens is 1. The standard InChI is InChI=1S/C12H13ClN2O2S/c13-8-1-2-10-11(5-8)18-12(14-10)15-3-4-17-7-9(16)6-15/h1-2,5,9,16H,3-4,6-7H2/t9-/m1/s1. The normalized spacial score (nSPS) is 21.2. The molecule has 0 unspecified atom stereocenters. The van der Waals surface area contributed by atoms with Crippen LogP contribution in [0.25, 0.3) is 10.2 Å². The highest BCUT2D eigenvalue weighted by atomic mass is 35.5. The second-order valence-electron chi connectivity index (χ2n) is 4.28. The van der Waals surface area contributed by atoms with Crippen molar-refractivity contribution in [2.24, 2.45) is 0 Å². The Labute approximate surface area is 114 Å². The largest absolute Gasteiger partial charge is 0.389 e. The molecule has 1 aliphatic heterocycles. The van der Waals surface area contributed by atoms with Gasteiger partial charge >= 0.3 is 0 Å². The van der Waals surface area contributed by atoms with Crippen molar-refractivity contribution in [1.82, 2.24) is 4.98 Å². The van der Waals surface area contributed by atoms with Crippen LogP contribution in [-0.2, 0) is 4.74 Å². The molecule has 1 aliphatic rings. The van der Waals surface area contributed by atoms with Gasteiger partial charge in [-0.25, -0.2) is 4.98 Å². The number of ether oxygens (including phenoxy) is 1. The van der Waals surface area contributed by atoms with E-state index in [1.807, 2.05) is 18.2 Å². The highest BCUT2D eigenvalue weighted by Crippen LogP contribution is 2.31. The van der Waals surface area contributed by atoms with Gasteiger partial charge < -0.3 is 14.7 Å². The Morgan fingerprint density at radius 3 is 3.28 bits per heavy atom. The van der Waals surface area contributed by atoms with Crippen molar-refractivity contribution in [3.63, 3.8) is 0 Å². The second kappa shape index (κ2) is 5.01. The molecule has 1 N–H and O–H groups in total. The van der Waals surface area contributed by atoms with Crippen LogP contribution in [0.4, 0.5) is 5.13 Å². The van der Waals surface area contributed by atoms with Gasteiger partial charge in [-0.2, -0.15) is 0 Å². The van der Waals surface area contributed by atoms with Crippen LogP contribution in [-0.4, -0.2) is 42.5 Å². The maximum absolute atomic E-state index is 9.73. The van der Waals surface area contributed by atoms with E-state index < -0.39 is 6.10 Å². The molecule has 0 bridgehead atoms. The molecule has 0 aliphatic carbocycles. The zero-order valence-electron chi connectivity index (χ0n) is 9.67. The van der Waals surface area contributed by atoms with E-state index in [-0.39, 0.29) is 0 Å². The minimum absolute atomic E-state index is 0.396. The van der Waals surface area contributed by atoms with Gasteiger partial charge in [-0.05, 0) is 18.2 Å². The molecule has 96 valence electrons. The van der Waals surface area contributed by atoms with Crippen LogP contribution in [0.5, 0.6) is 0 Å². The van der Waals surface area contributed by atoms with Gasteiger partial charge in [-0.3, -0.25) is 0 Å². The number of aliphatic hydroxyl groups is 1. The number of nitrogens with zero attached hydrogens (tertiary/aromatic N) is 2. The molecule has 3 rings (SSSR count). The van der Waals surface area contributed by atoms with Gasteiger partial charge in [0.05, 0.1) is 29.5 Å². The lowest BCUT2D eigenvalue weighted by molar-refractivity contribution is 0.0597. The van der Waals surface area contributed by atoms with E-state index in [0.717, 1.165) is 26.9 Å². The highest BCUT2D eigenvalue weighted by Gasteiger charge is 2.19. The van der Waals surface area contributed by atoms with Crippen LogP contribution >= 0.6 is 22.9 Å². The van der Waals surface area contributed by atoms with E-state index in [0.29, 0.717) is 19.8 Å². The molecule has 1 saturated heterocycles. The molecule has 1 aromatic heterocycles. The van der Waals surface area contributed by atoms with Crippen LogP contribution in [0.15, 0.2) is 18.2 Å². The van der Waals surface area contributed by atoms with Crippen LogP contribution in [0, 0.1) is 0 Å². The molecular weight excluding hydrogens is 272 g/mol. The highest BCUT2D eigenvalue weighted by molar-refractivity contribution is 7.22. The molecule has 0 amide bonds. The van der Waals surface area contributed by atoms with Crippen LogP contribution < -0.4 is 4.90 Å². The fraction of sp³-hybridized carbons (Fsp3) is 0.417. The number of benzene rings is 1. The van der Waals surface area contributed by atoms with E-state index in [9.17, 15) is 5.11 Å². The van der Waals surface area contributed by atoms with Crippen molar-refractivity contribution in [2.75, 3.05) is 31.2 Å². The first kappa shape index (κ1) is 12.2. The summed E-state index contributed by atoms with van der Waals surface area (Å²) in [5.41, 5.74) is 0.944. The van der Waals surface area contributed by atoms with Crippen molar-refractivity contribution in [1.29, 1.82) is 0 Å². The Balaban J connectivity index is 1.93. The number of hydrogen-bond donors (Lipinski definition) is 1. The van der Waals surface area contributed by atoms with E-state index in [1.165, 1.54) is 0 Å². The number of fused-ring (bicyclic) bond motifs is 1. The molecule has 0 saturated carbocycles.